The van der Waals surface area contributed by atoms with Crippen molar-refractivity contribution in [2.45, 2.75) is 19.9 Å². The molecule has 0 spiro atoms. The minimum atomic E-state index is -0.337. The van der Waals surface area contributed by atoms with E-state index in [1.54, 1.807) is 18.3 Å². The summed E-state index contributed by atoms with van der Waals surface area (Å²) in [5, 5.41) is 9.06. The van der Waals surface area contributed by atoms with Gasteiger partial charge in [-0.25, -0.2) is 4.39 Å². The summed E-state index contributed by atoms with van der Waals surface area (Å²) in [5.41, 5.74) is 4.28. The summed E-state index contributed by atoms with van der Waals surface area (Å²) in [7, 11) is 3.96. The van der Waals surface area contributed by atoms with Gasteiger partial charge in [0.05, 0.1) is 11.3 Å². The van der Waals surface area contributed by atoms with Crippen LogP contribution in [0.4, 0.5) is 21.5 Å². The number of aryl methyl sites for hydroxylation is 1. The molecule has 142 valence electrons. The Hall–Kier alpha value is -2.86. The highest BCUT2D eigenvalue weighted by Gasteiger charge is 2.25. The van der Waals surface area contributed by atoms with Crippen molar-refractivity contribution < 1.29 is 9.18 Å². The number of carbonyl (C=O) groups excluding carboxylic acids is 1. The molecule has 0 aliphatic carbocycles. The first-order valence-electron chi connectivity index (χ1n) is 8.94. The Morgan fingerprint density at radius 2 is 2.04 bits per heavy atom. The first-order valence-corrected chi connectivity index (χ1v) is 8.94. The van der Waals surface area contributed by atoms with Crippen molar-refractivity contribution in [3.63, 3.8) is 0 Å². The summed E-state index contributed by atoms with van der Waals surface area (Å²) < 4.78 is 14.4. The molecule has 5 nitrogen and oxygen atoms in total. The van der Waals surface area contributed by atoms with Gasteiger partial charge in [0.2, 0.25) is 0 Å². The molecule has 2 aromatic carbocycles. The Morgan fingerprint density at radius 3 is 2.74 bits per heavy atom. The van der Waals surface area contributed by atoms with Crippen LogP contribution in [-0.4, -0.2) is 37.5 Å². The third kappa shape index (κ3) is 4.28. The Kier molecular flexibility index (Phi) is 5.46. The molecule has 1 amide bonds. The second-order valence-corrected chi connectivity index (χ2v) is 7.16. The van der Waals surface area contributed by atoms with E-state index < -0.39 is 0 Å². The summed E-state index contributed by atoms with van der Waals surface area (Å²) >= 11 is 0. The van der Waals surface area contributed by atoms with E-state index in [1.807, 2.05) is 51.0 Å². The Balaban J connectivity index is 1.75. The van der Waals surface area contributed by atoms with Gasteiger partial charge < -0.3 is 20.9 Å². The molecule has 0 radical (unpaired) electrons. The van der Waals surface area contributed by atoms with Crippen molar-refractivity contribution in [2.24, 2.45) is 0 Å². The maximum atomic E-state index is 14.4. The maximum Gasteiger partial charge on any atom is 0.257 e. The van der Waals surface area contributed by atoms with Crippen LogP contribution in [0.2, 0.25) is 0 Å². The van der Waals surface area contributed by atoms with E-state index in [4.69, 9.17) is 0 Å². The molecule has 3 rings (SSSR count). The van der Waals surface area contributed by atoms with Crippen LogP contribution in [0.15, 0.2) is 42.6 Å². The second-order valence-electron chi connectivity index (χ2n) is 7.16. The molecule has 3 N–H and O–H groups in total. The van der Waals surface area contributed by atoms with Gasteiger partial charge >= 0.3 is 0 Å². The van der Waals surface area contributed by atoms with E-state index in [1.165, 1.54) is 6.07 Å². The van der Waals surface area contributed by atoms with Crippen molar-refractivity contribution in [3.05, 3.63) is 59.5 Å². The van der Waals surface area contributed by atoms with Gasteiger partial charge in [-0.05, 0) is 57.8 Å². The highest BCUT2D eigenvalue weighted by atomic mass is 19.1. The van der Waals surface area contributed by atoms with E-state index in [9.17, 15) is 9.18 Å². The molecule has 0 saturated heterocycles. The number of halogens is 1. The third-order valence-electron chi connectivity index (χ3n) is 4.43. The molecule has 0 aromatic heterocycles. The highest BCUT2D eigenvalue weighted by molar-refractivity contribution is 6.32. The predicted octanol–water partition coefficient (Wildman–Crippen LogP) is 3.90. The van der Waals surface area contributed by atoms with Crippen molar-refractivity contribution in [3.8, 4) is 0 Å². The van der Waals surface area contributed by atoms with E-state index in [-0.39, 0.29) is 17.8 Å². The van der Waals surface area contributed by atoms with Crippen LogP contribution < -0.4 is 16.0 Å². The number of likely N-dealkylation sites (N-methyl/N-ethyl adjacent to an activating group) is 1. The lowest BCUT2D eigenvalue weighted by Gasteiger charge is -2.20. The first-order chi connectivity index (χ1) is 12.8. The molecule has 27 heavy (non-hydrogen) atoms. The molecule has 1 unspecified atom stereocenters. The molecular weight excluding hydrogens is 343 g/mol. The average molecular weight is 368 g/mol. The number of fused-ring (bicyclic) bond motifs is 1. The number of benzene rings is 2. The quantitative estimate of drug-likeness (QED) is 0.677. The summed E-state index contributed by atoms with van der Waals surface area (Å²) in [6, 6.07) is 10.8. The number of rotatable bonds is 6. The summed E-state index contributed by atoms with van der Waals surface area (Å²) in [5.74, 6) is -0.500. The van der Waals surface area contributed by atoms with Gasteiger partial charge in [-0.15, -0.1) is 0 Å². The first kappa shape index (κ1) is 18.9. The van der Waals surface area contributed by atoms with Crippen LogP contribution in [0.1, 0.15) is 18.1 Å². The fourth-order valence-corrected chi connectivity index (χ4v) is 3.31. The molecule has 0 fully saturated rings. The predicted molar refractivity (Wildman–Crippen MR) is 109 cm³/mol. The standard InChI is InChI=1S/C21H25FN4O/c1-13-6-5-7-19-20(13)16(21(27)25-19)11-23-15-8-9-18(17(22)10-15)24-14(2)12-26(3)4/h5-11,14,23-24H,12H2,1-4H3,(H,25,27). The van der Waals surface area contributed by atoms with Gasteiger partial charge in [0.1, 0.15) is 5.82 Å². The number of nitrogens with zero attached hydrogens (tertiary/aromatic N) is 1. The maximum absolute atomic E-state index is 14.4. The molecular formula is C21H25FN4O. The molecule has 1 heterocycles. The van der Waals surface area contributed by atoms with Gasteiger partial charge in [0.15, 0.2) is 0 Å². The Bertz CT molecular complexity index is 892. The largest absolute Gasteiger partial charge is 0.379 e. The van der Waals surface area contributed by atoms with Crippen molar-refractivity contribution in [1.82, 2.24) is 4.90 Å². The average Bonchev–Trinajstić information content (AvgIpc) is 2.91. The molecule has 6 heteroatoms. The number of hydrogen-bond donors (Lipinski definition) is 3. The van der Waals surface area contributed by atoms with Crippen LogP contribution in [0, 0.1) is 12.7 Å². The van der Waals surface area contributed by atoms with E-state index in [2.05, 4.69) is 16.0 Å². The minimum Gasteiger partial charge on any atom is -0.379 e. The van der Waals surface area contributed by atoms with Crippen LogP contribution in [-0.2, 0) is 4.79 Å². The lowest BCUT2D eigenvalue weighted by Crippen LogP contribution is -2.29. The van der Waals surface area contributed by atoms with Crippen molar-refractivity contribution in [2.75, 3.05) is 36.6 Å². The topological polar surface area (TPSA) is 56.4 Å². The van der Waals surface area contributed by atoms with E-state index in [0.717, 1.165) is 23.4 Å². The Labute approximate surface area is 159 Å². The Morgan fingerprint density at radius 1 is 1.26 bits per heavy atom. The smallest absolute Gasteiger partial charge is 0.257 e. The highest BCUT2D eigenvalue weighted by Crippen LogP contribution is 2.34. The fourth-order valence-electron chi connectivity index (χ4n) is 3.31. The van der Waals surface area contributed by atoms with E-state index in [0.29, 0.717) is 16.9 Å². The SMILES string of the molecule is Cc1cccc2c1C(=CNc1ccc(NC(C)CN(C)C)c(F)c1)C(=O)N2. The van der Waals surface area contributed by atoms with Crippen molar-refractivity contribution >= 4 is 28.5 Å². The molecule has 1 aliphatic rings. The lowest BCUT2D eigenvalue weighted by molar-refractivity contribution is -0.110. The van der Waals surface area contributed by atoms with Crippen LogP contribution in [0.5, 0.6) is 0 Å². The lowest BCUT2D eigenvalue weighted by atomic mass is 10.0. The fraction of sp³-hybridized carbons (Fsp3) is 0.286. The zero-order valence-corrected chi connectivity index (χ0v) is 16.1. The van der Waals surface area contributed by atoms with Crippen LogP contribution in [0.3, 0.4) is 0 Å². The number of carbonyl (C=O) groups is 1. The number of nitrogens with one attached hydrogen (secondary N) is 3. The monoisotopic (exact) mass is 368 g/mol. The summed E-state index contributed by atoms with van der Waals surface area (Å²) in [6.07, 6.45) is 1.63. The third-order valence-corrected chi connectivity index (χ3v) is 4.43. The molecule has 0 saturated carbocycles. The zero-order valence-electron chi connectivity index (χ0n) is 16.1. The number of anilines is 3. The minimum absolute atomic E-state index is 0.122. The van der Waals surface area contributed by atoms with Gasteiger partial charge in [0, 0.05) is 35.7 Å². The number of hydrogen-bond acceptors (Lipinski definition) is 4. The molecule has 1 aliphatic heterocycles. The van der Waals surface area contributed by atoms with Gasteiger partial charge in [0.25, 0.3) is 5.91 Å². The van der Waals surface area contributed by atoms with Crippen molar-refractivity contribution in [1.29, 1.82) is 0 Å². The van der Waals surface area contributed by atoms with Gasteiger partial charge in [-0.3, -0.25) is 4.79 Å². The summed E-state index contributed by atoms with van der Waals surface area (Å²) in [4.78, 5) is 14.3. The molecule has 2 aromatic rings. The van der Waals surface area contributed by atoms with E-state index >= 15 is 0 Å². The van der Waals surface area contributed by atoms with Crippen LogP contribution in [0.25, 0.3) is 5.57 Å². The van der Waals surface area contributed by atoms with Crippen LogP contribution >= 0.6 is 0 Å². The zero-order chi connectivity index (χ0) is 19.6. The molecule has 1 atom stereocenters. The number of amides is 1. The normalized spacial score (nSPS) is 15.6. The van der Waals surface area contributed by atoms with Gasteiger partial charge in [-0.1, -0.05) is 12.1 Å². The molecule has 0 bridgehead atoms. The summed E-state index contributed by atoms with van der Waals surface area (Å²) in [6.45, 7) is 4.77. The second kappa shape index (κ2) is 7.80. The van der Waals surface area contributed by atoms with Gasteiger partial charge in [-0.2, -0.15) is 0 Å².